The first-order valence-electron chi connectivity index (χ1n) is 7.12. The molecule has 8 heteroatoms. The topological polar surface area (TPSA) is 88.0 Å². The van der Waals surface area contributed by atoms with Crippen LogP contribution in [0.1, 0.15) is 12.5 Å². The summed E-state index contributed by atoms with van der Waals surface area (Å²) in [5.74, 6) is 0. The Kier molecular flexibility index (Phi) is 4.25. The summed E-state index contributed by atoms with van der Waals surface area (Å²) in [6.07, 6.45) is 3.55. The smallest absolute Gasteiger partial charge is 0.217 e. The monoisotopic (exact) mass is 321 g/mol. The van der Waals surface area contributed by atoms with E-state index in [0.29, 0.717) is 6.54 Å². The van der Waals surface area contributed by atoms with Gasteiger partial charge in [-0.15, -0.1) is 0 Å². The predicted molar refractivity (Wildman–Crippen MR) is 83.7 cm³/mol. The Bertz CT molecular complexity index is 729. The number of hydrogen-bond donors (Lipinski definition) is 3. The largest absolute Gasteiger partial charge is 0.256 e. The highest BCUT2D eigenvalue weighted by Crippen LogP contribution is 2.12. The highest BCUT2D eigenvalue weighted by atomic mass is 32.2. The van der Waals surface area contributed by atoms with Gasteiger partial charge in [-0.3, -0.25) is 10.9 Å². The second kappa shape index (κ2) is 6.17. The molecule has 3 N–H and O–H groups in total. The van der Waals surface area contributed by atoms with E-state index < -0.39 is 15.3 Å². The average molecular weight is 321 g/mol. The van der Waals surface area contributed by atoms with Gasteiger partial charge in [-0.1, -0.05) is 12.1 Å². The SMILES string of the molecule is CC1NNCC1S(=O)(=O)NCc1cccc(-n2cccn2)c1. The summed E-state index contributed by atoms with van der Waals surface area (Å²) in [6.45, 7) is 2.52. The maximum atomic E-state index is 12.3. The van der Waals surface area contributed by atoms with E-state index >= 15 is 0 Å². The molecule has 22 heavy (non-hydrogen) atoms. The van der Waals surface area contributed by atoms with Crippen LogP contribution in [0.5, 0.6) is 0 Å². The summed E-state index contributed by atoms with van der Waals surface area (Å²) < 4.78 is 29.1. The standard InChI is InChI=1S/C14H19N5O2S/c1-11-14(10-15-18-11)22(20,21)17-9-12-4-2-5-13(8-12)19-7-3-6-16-19/h2-8,11,14-15,17-18H,9-10H2,1H3. The van der Waals surface area contributed by atoms with Crippen molar-refractivity contribution in [2.45, 2.75) is 24.8 Å². The summed E-state index contributed by atoms with van der Waals surface area (Å²) in [5.41, 5.74) is 7.59. The number of rotatable bonds is 5. The molecule has 1 saturated heterocycles. The highest BCUT2D eigenvalue weighted by Gasteiger charge is 2.34. The second-order valence-electron chi connectivity index (χ2n) is 5.34. The first kappa shape index (κ1) is 15.2. The molecule has 2 aromatic rings. The molecule has 1 aromatic carbocycles. The van der Waals surface area contributed by atoms with Gasteiger partial charge in [0.15, 0.2) is 0 Å². The lowest BCUT2D eigenvalue weighted by Gasteiger charge is -2.15. The number of sulfonamides is 1. The molecule has 0 radical (unpaired) electrons. The number of benzene rings is 1. The van der Waals surface area contributed by atoms with Gasteiger partial charge in [0.25, 0.3) is 0 Å². The minimum Gasteiger partial charge on any atom is -0.256 e. The van der Waals surface area contributed by atoms with E-state index in [1.165, 1.54) is 0 Å². The maximum Gasteiger partial charge on any atom is 0.217 e. The molecule has 0 aliphatic carbocycles. The number of hydrazine groups is 1. The van der Waals surface area contributed by atoms with Crippen molar-refractivity contribution >= 4 is 10.0 Å². The molecule has 0 saturated carbocycles. The minimum atomic E-state index is -3.37. The zero-order chi connectivity index (χ0) is 15.6. The van der Waals surface area contributed by atoms with Crippen LogP contribution in [0.15, 0.2) is 42.7 Å². The van der Waals surface area contributed by atoms with Gasteiger partial charge in [-0.05, 0) is 30.7 Å². The molecule has 2 unspecified atom stereocenters. The van der Waals surface area contributed by atoms with Crippen LogP contribution >= 0.6 is 0 Å². The van der Waals surface area contributed by atoms with Gasteiger partial charge in [-0.25, -0.2) is 17.8 Å². The van der Waals surface area contributed by atoms with Crippen molar-refractivity contribution in [2.75, 3.05) is 6.54 Å². The van der Waals surface area contributed by atoms with Crippen molar-refractivity contribution in [1.29, 1.82) is 0 Å². The van der Waals surface area contributed by atoms with E-state index in [0.717, 1.165) is 11.3 Å². The average Bonchev–Trinajstić information content (AvgIpc) is 3.17. The zero-order valence-corrected chi connectivity index (χ0v) is 13.0. The quantitative estimate of drug-likeness (QED) is 0.730. The third kappa shape index (κ3) is 3.20. The van der Waals surface area contributed by atoms with Crippen molar-refractivity contribution < 1.29 is 8.42 Å². The van der Waals surface area contributed by atoms with E-state index in [1.54, 1.807) is 10.9 Å². The van der Waals surface area contributed by atoms with Crippen LogP contribution < -0.4 is 15.6 Å². The lowest BCUT2D eigenvalue weighted by atomic mass is 10.2. The van der Waals surface area contributed by atoms with E-state index in [1.807, 2.05) is 43.5 Å². The van der Waals surface area contributed by atoms with Crippen molar-refractivity contribution in [1.82, 2.24) is 25.4 Å². The summed E-state index contributed by atoms with van der Waals surface area (Å²) in [7, 11) is -3.37. The molecule has 1 fully saturated rings. The van der Waals surface area contributed by atoms with Crippen LogP contribution in [-0.4, -0.2) is 36.0 Å². The minimum absolute atomic E-state index is 0.118. The Morgan fingerprint density at radius 1 is 1.41 bits per heavy atom. The van der Waals surface area contributed by atoms with E-state index in [9.17, 15) is 8.42 Å². The van der Waals surface area contributed by atoms with Crippen molar-refractivity contribution in [3.63, 3.8) is 0 Å². The van der Waals surface area contributed by atoms with E-state index in [4.69, 9.17) is 0 Å². The fourth-order valence-corrected chi connectivity index (χ4v) is 3.98. The maximum absolute atomic E-state index is 12.3. The van der Waals surface area contributed by atoms with E-state index in [2.05, 4.69) is 20.7 Å². The highest BCUT2D eigenvalue weighted by molar-refractivity contribution is 7.90. The van der Waals surface area contributed by atoms with Gasteiger partial charge in [0.05, 0.1) is 5.69 Å². The lowest BCUT2D eigenvalue weighted by molar-refractivity contribution is 0.549. The Hall–Kier alpha value is -1.74. The Labute approximate surface area is 129 Å². The third-order valence-corrected chi connectivity index (χ3v) is 5.66. The van der Waals surface area contributed by atoms with Gasteiger partial charge in [-0.2, -0.15) is 5.10 Å². The molecule has 0 bridgehead atoms. The van der Waals surface area contributed by atoms with Crippen LogP contribution in [0.3, 0.4) is 0 Å². The molecular formula is C14H19N5O2S. The third-order valence-electron chi connectivity index (χ3n) is 3.75. The van der Waals surface area contributed by atoms with Gasteiger partial charge in [0.1, 0.15) is 5.25 Å². The van der Waals surface area contributed by atoms with Gasteiger partial charge in [0.2, 0.25) is 10.0 Å². The first-order valence-corrected chi connectivity index (χ1v) is 8.67. The number of aromatic nitrogens is 2. The van der Waals surface area contributed by atoms with Gasteiger partial charge in [0, 0.05) is 31.5 Å². The zero-order valence-electron chi connectivity index (χ0n) is 12.2. The number of hydrogen-bond acceptors (Lipinski definition) is 5. The first-order chi connectivity index (χ1) is 10.6. The summed E-state index contributed by atoms with van der Waals surface area (Å²) in [4.78, 5) is 0. The van der Waals surface area contributed by atoms with Gasteiger partial charge < -0.3 is 0 Å². The number of nitrogens with zero attached hydrogens (tertiary/aromatic N) is 2. The Balaban J connectivity index is 1.70. The van der Waals surface area contributed by atoms with Crippen LogP contribution in [0.4, 0.5) is 0 Å². The Morgan fingerprint density at radius 2 is 2.27 bits per heavy atom. The predicted octanol–water partition coefficient (Wildman–Crippen LogP) is 0.157. The fourth-order valence-electron chi connectivity index (χ4n) is 2.49. The van der Waals surface area contributed by atoms with Gasteiger partial charge >= 0.3 is 0 Å². The number of nitrogens with one attached hydrogen (secondary N) is 3. The molecule has 0 spiro atoms. The van der Waals surface area contributed by atoms with Crippen LogP contribution in [-0.2, 0) is 16.6 Å². The van der Waals surface area contributed by atoms with Crippen molar-refractivity contribution in [3.05, 3.63) is 48.3 Å². The summed E-state index contributed by atoms with van der Waals surface area (Å²) in [6, 6.07) is 9.36. The van der Waals surface area contributed by atoms with Crippen LogP contribution in [0, 0.1) is 0 Å². The normalized spacial score (nSPS) is 22.0. The molecular weight excluding hydrogens is 302 g/mol. The molecule has 2 heterocycles. The Morgan fingerprint density at radius 3 is 2.95 bits per heavy atom. The second-order valence-corrected chi connectivity index (χ2v) is 7.32. The summed E-state index contributed by atoms with van der Waals surface area (Å²) >= 11 is 0. The molecule has 118 valence electrons. The molecule has 0 amide bonds. The van der Waals surface area contributed by atoms with Crippen LogP contribution in [0.25, 0.3) is 5.69 Å². The molecule has 1 aliphatic heterocycles. The molecule has 7 nitrogen and oxygen atoms in total. The van der Waals surface area contributed by atoms with E-state index in [-0.39, 0.29) is 12.6 Å². The van der Waals surface area contributed by atoms with Crippen molar-refractivity contribution in [3.8, 4) is 5.69 Å². The molecule has 1 aliphatic rings. The molecule has 3 rings (SSSR count). The van der Waals surface area contributed by atoms with Crippen molar-refractivity contribution in [2.24, 2.45) is 0 Å². The lowest BCUT2D eigenvalue weighted by Crippen LogP contribution is -2.41. The fraction of sp³-hybridized carbons (Fsp3) is 0.357. The summed E-state index contributed by atoms with van der Waals surface area (Å²) in [5, 5.41) is 3.70. The molecule has 2 atom stereocenters. The molecule has 1 aromatic heterocycles. The van der Waals surface area contributed by atoms with Crippen LogP contribution in [0.2, 0.25) is 0 Å².